The molecule has 1 heterocycles. The van der Waals surface area contributed by atoms with Gasteiger partial charge in [0.1, 0.15) is 18.4 Å². The van der Waals surface area contributed by atoms with E-state index in [1.165, 1.54) is 0 Å². The van der Waals surface area contributed by atoms with E-state index in [0.717, 1.165) is 18.7 Å². The molecule has 0 amide bonds. The van der Waals surface area contributed by atoms with Crippen molar-refractivity contribution in [2.75, 3.05) is 6.61 Å². The second-order valence-electron chi connectivity index (χ2n) is 8.83. The molecule has 1 aromatic carbocycles. The van der Waals surface area contributed by atoms with Gasteiger partial charge in [-0.05, 0) is 24.8 Å². The number of hydrogen-bond donors (Lipinski definition) is 1. The number of carbonyl (C=O) groups is 1. The summed E-state index contributed by atoms with van der Waals surface area (Å²) in [7, 11) is 0. The minimum absolute atomic E-state index is 0.0755. The molecule has 1 saturated carbocycles. The highest BCUT2D eigenvalue weighted by atomic mass is 19.3. The van der Waals surface area contributed by atoms with Crippen molar-refractivity contribution in [3.63, 3.8) is 0 Å². The van der Waals surface area contributed by atoms with Crippen LogP contribution in [0.1, 0.15) is 69.8 Å². The number of aryl methyl sites for hydroxylation is 1. The van der Waals surface area contributed by atoms with Gasteiger partial charge in [-0.15, -0.1) is 0 Å². The van der Waals surface area contributed by atoms with Crippen molar-refractivity contribution >= 4 is 5.97 Å². The Hall–Kier alpha value is -2.28. The number of aliphatic hydroxyl groups is 1. The largest absolute Gasteiger partial charge is 0.463 e. The Morgan fingerprint density at radius 3 is 2.59 bits per heavy atom. The number of hydrogen-bond acceptors (Lipinski definition) is 3. The summed E-state index contributed by atoms with van der Waals surface area (Å²) in [4.78, 5) is 13.0. The molecule has 0 radical (unpaired) electrons. The van der Waals surface area contributed by atoms with Crippen molar-refractivity contribution in [3.05, 3.63) is 54.1 Å². The van der Waals surface area contributed by atoms with Crippen molar-refractivity contribution in [1.82, 2.24) is 4.57 Å². The summed E-state index contributed by atoms with van der Waals surface area (Å²) in [6.07, 6.45) is 6.01. The highest BCUT2D eigenvalue weighted by Crippen LogP contribution is 2.47. The number of ether oxygens (including phenoxy) is 1. The first-order valence-corrected chi connectivity index (χ1v) is 11.6. The van der Waals surface area contributed by atoms with Gasteiger partial charge < -0.3 is 9.84 Å². The highest BCUT2D eigenvalue weighted by molar-refractivity contribution is 5.81. The predicted molar refractivity (Wildman–Crippen MR) is 117 cm³/mol. The number of carbonyl (C=O) groups excluding carboxylic acids is 1. The summed E-state index contributed by atoms with van der Waals surface area (Å²) in [5, 5.41) is 11.3. The van der Waals surface area contributed by atoms with Crippen LogP contribution >= 0.6 is 0 Å². The van der Waals surface area contributed by atoms with E-state index in [1.807, 2.05) is 6.20 Å². The number of alkyl halides is 2. The molecule has 2 atom stereocenters. The van der Waals surface area contributed by atoms with E-state index in [0.29, 0.717) is 24.6 Å². The van der Waals surface area contributed by atoms with Crippen molar-refractivity contribution in [1.29, 1.82) is 0 Å². The van der Waals surface area contributed by atoms with Gasteiger partial charge in [0.05, 0.1) is 13.2 Å². The standard InChI is InChI=1S/C25H35F2N2O3/c1-4-22(5-2)29-16-15-28(19(29)3)14-9-17-32-23(30)25(31,20-10-7-6-8-11-20)21-12-13-24(26,27)18-21/h6-8,10-11,15-16,21-22,31H,4-5,9,12-14,17-18H2,1-3H3/q+1/t21-,25-/m0/s1. The number of nitrogens with zero attached hydrogens (tertiary/aromatic N) is 2. The minimum Gasteiger partial charge on any atom is -0.463 e. The molecule has 0 bridgehead atoms. The van der Waals surface area contributed by atoms with Crippen LogP contribution in [0.5, 0.6) is 0 Å². The van der Waals surface area contributed by atoms with Crippen LogP contribution in [0.15, 0.2) is 42.7 Å². The molecule has 0 aliphatic heterocycles. The van der Waals surface area contributed by atoms with Gasteiger partial charge in [0.2, 0.25) is 5.92 Å². The maximum atomic E-state index is 13.9. The predicted octanol–water partition coefficient (Wildman–Crippen LogP) is 4.70. The maximum absolute atomic E-state index is 13.9. The maximum Gasteiger partial charge on any atom is 0.343 e. The monoisotopic (exact) mass is 449 g/mol. The Morgan fingerprint density at radius 1 is 1.31 bits per heavy atom. The van der Waals surface area contributed by atoms with Gasteiger partial charge in [-0.3, -0.25) is 0 Å². The molecule has 1 aliphatic carbocycles. The zero-order valence-corrected chi connectivity index (χ0v) is 19.3. The molecule has 2 aromatic rings. The zero-order valence-electron chi connectivity index (χ0n) is 19.3. The van der Waals surface area contributed by atoms with Crippen LogP contribution in [0.2, 0.25) is 0 Å². The fourth-order valence-corrected chi connectivity index (χ4v) is 4.85. The Labute approximate surface area is 189 Å². The normalized spacial score (nSPS) is 19.8. The summed E-state index contributed by atoms with van der Waals surface area (Å²) >= 11 is 0. The van der Waals surface area contributed by atoms with Crippen LogP contribution in [0.4, 0.5) is 8.78 Å². The Morgan fingerprint density at radius 2 is 2.00 bits per heavy atom. The number of imidazole rings is 1. The number of rotatable bonds is 10. The number of benzene rings is 1. The number of esters is 1. The molecule has 0 spiro atoms. The van der Waals surface area contributed by atoms with Crippen LogP contribution in [-0.2, 0) is 21.7 Å². The van der Waals surface area contributed by atoms with E-state index in [1.54, 1.807) is 30.3 Å². The number of aromatic nitrogens is 2. The van der Waals surface area contributed by atoms with Crippen molar-refractivity contribution in [2.24, 2.45) is 5.92 Å². The second kappa shape index (κ2) is 10.1. The van der Waals surface area contributed by atoms with Crippen molar-refractivity contribution in [2.45, 2.75) is 83.4 Å². The molecular formula is C25H35F2N2O3+. The topological polar surface area (TPSA) is 55.3 Å². The molecule has 1 aliphatic rings. The van der Waals surface area contributed by atoms with Crippen LogP contribution in [0.25, 0.3) is 0 Å². The zero-order chi connectivity index (χ0) is 23.4. The van der Waals surface area contributed by atoms with Crippen molar-refractivity contribution in [3.8, 4) is 0 Å². The van der Waals surface area contributed by atoms with Crippen LogP contribution in [0.3, 0.4) is 0 Å². The first-order valence-electron chi connectivity index (χ1n) is 11.6. The average Bonchev–Trinajstić information content (AvgIpc) is 3.34. The van der Waals surface area contributed by atoms with E-state index in [2.05, 4.69) is 36.1 Å². The van der Waals surface area contributed by atoms with Gasteiger partial charge >= 0.3 is 5.97 Å². The summed E-state index contributed by atoms with van der Waals surface area (Å²) < 4.78 is 37.6. The van der Waals surface area contributed by atoms with Gasteiger partial charge in [0, 0.05) is 32.1 Å². The average molecular weight is 450 g/mol. The smallest absolute Gasteiger partial charge is 0.343 e. The third kappa shape index (κ3) is 5.03. The fraction of sp³-hybridized carbons (Fsp3) is 0.600. The van der Waals surface area contributed by atoms with E-state index in [4.69, 9.17) is 4.74 Å². The minimum atomic E-state index is -2.87. The molecule has 0 unspecified atom stereocenters. The van der Waals surface area contributed by atoms with Crippen LogP contribution in [0, 0.1) is 12.8 Å². The fourth-order valence-electron chi connectivity index (χ4n) is 4.85. The highest BCUT2D eigenvalue weighted by Gasteiger charge is 2.54. The van der Waals surface area contributed by atoms with Crippen LogP contribution in [-0.4, -0.2) is 28.2 Å². The third-order valence-electron chi connectivity index (χ3n) is 6.83. The van der Waals surface area contributed by atoms with Gasteiger partial charge in [0.25, 0.3) is 5.82 Å². The summed E-state index contributed by atoms with van der Waals surface area (Å²) in [6, 6.07) is 8.77. The Balaban J connectivity index is 1.64. The second-order valence-corrected chi connectivity index (χ2v) is 8.83. The lowest BCUT2D eigenvalue weighted by atomic mass is 9.80. The summed E-state index contributed by atoms with van der Waals surface area (Å²) in [6.45, 7) is 7.19. The molecule has 32 heavy (non-hydrogen) atoms. The number of halogens is 2. The van der Waals surface area contributed by atoms with E-state index < -0.39 is 29.8 Å². The molecule has 1 aromatic heterocycles. The molecule has 176 valence electrons. The van der Waals surface area contributed by atoms with Gasteiger partial charge in [-0.1, -0.05) is 44.2 Å². The van der Waals surface area contributed by atoms with E-state index in [-0.39, 0.29) is 19.4 Å². The molecule has 7 heteroatoms. The first kappa shape index (κ1) is 24.4. The summed E-state index contributed by atoms with van der Waals surface area (Å²) in [5.41, 5.74) is -1.76. The van der Waals surface area contributed by atoms with E-state index >= 15 is 0 Å². The Bertz CT molecular complexity index is 896. The summed E-state index contributed by atoms with van der Waals surface area (Å²) in [5.74, 6) is -3.45. The third-order valence-corrected chi connectivity index (χ3v) is 6.83. The van der Waals surface area contributed by atoms with Gasteiger partial charge in [-0.2, -0.15) is 0 Å². The van der Waals surface area contributed by atoms with Gasteiger partial charge in [0.15, 0.2) is 5.60 Å². The molecule has 1 N–H and O–H groups in total. The lowest BCUT2D eigenvalue weighted by Gasteiger charge is -2.32. The quantitative estimate of drug-likeness (QED) is 0.325. The molecular weight excluding hydrogens is 414 g/mol. The molecule has 3 rings (SSSR count). The molecule has 5 nitrogen and oxygen atoms in total. The first-order chi connectivity index (χ1) is 15.2. The Kier molecular flexibility index (Phi) is 7.70. The van der Waals surface area contributed by atoms with E-state index in [9.17, 15) is 18.7 Å². The lowest BCUT2D eigenvalue weighted by Crippen LogP contribution is -2.44. The van der Waals surface area contributed by atoms with Gasteiger partial charge in [-0.25, -0.2) is 22.7 Å². The SMILES string of the molecule is CCC(CC)n1cc[n+](CCCOC(=O)[C@](O)(c2ccccc2)[C@H]2CCC(F)(F)C2)c1C. The van der Waals surface area contributed by atoms with Crippen LogP contribution < -0.4 is 4.57 Å². The molecule has 1 fully saturated rings. The van der Waals surface area contributed by atoms with Crippen molar-refractivity contribution < 1.29 is 28.0 Å². The molecule has 0 saturated heterocycles. The lowest BCUT2D eigenvalue weighted by molar-refractivity contribution is -0.703.